The van der Waals surface area contributed by atoms with Gasteiger partial charge in [0.1, 0.15) is 12.4 Å². The van der Waals surface area contributed by atoms with E-state index in [1.54, 1.807) is 12.1 Å². The minimum Gasteiger partial charge on any atom is -0.492 e. The molecular formula is C21H27ClN2O2. The van der Waals surface area contributed by atoms with Crippen LogP contribution in [0.2, 0.25) is 5.02 Å². The second-order valence-corrected chi connectivity index (χ2v) is 7.16. The lowest BCUT2D eigenvalue weighted by Gasteiger charge is -2.24. The number of hydrogen-bond acceptors (Lipinski definition) is 3. The van der Waals surface area contributed by atoms with Crippen molar-refractivity contribution in [3.8, 4) is 5.75 Å². The van der Waals surface area contributed by atoms with Crippen LogP contribution < -0.4 is 10.1 Å². The molecule has 0 heterocycles. The number of carbonyl (C=O) groups excluding carboxylic acids is 1. The molecule has 0 saturated carbocycles. The van der Waals surface area contributed by atoms with Gasteiger partial charge in [-0.1, -0.05) is 29.3 Å². The number of carbonyl (C=O) groups is 1. The third kappa shape index (κ3) is 5.48. The molecule has 0 aromatic heterocycles. The number of ether oxygens (including phenoxy) is 1. The minimum atomic E-state index is -0.260. The molecule has 1 amide bonds. The third-order valence-corrected chi connectivity index (χ3v) is 4.74. The van der Waals surface area contributed by atoms with Gasteiger partial charge in [-0.25, -0.2) is 0 Å². The number of rotatable bonds is 7. The third-order valence-electron chi connectivity index (χ3n) is 4.49. The van der Waals surface area contributed by atoms with E-state index in [1.807, 2.05) is 44.9 Å². The summed E-state index contributed by atoms with van der Waals surface area (Å²) in [5.41, 5.74) is 4.26. The SMILES string of the molecule is Cc1cc(C)c(NC(=O)[C@@H](C)N(C)CCOc2ccc(Cl)cc2)c(C)c1. The topological polar surface area (TPSA) is 41.6 Å². The Bertz CT molecular complexity index is 736. The van der Waals surface area contributed by atoms with E-state index in [9.17, 15) is 4.79 Å². The van der Waals surface area contributed by atoms with Gasteiger partial charge in [0.25, 0.3) is 0 Å². The van der Waals surface area contributed by atoms with Crippen LogP contribution in [0, 0.1) is 20.8 Å². The van der Waals surface area contributed by atoms with E-state index >= 15 is 0 Å². The van der Waals surface area contributed by atoms with Gasteiger partial charge in [0, 0.05) is 17.3 Å². The number of nitrogens with zero attached hydrogens (tertiary/aromatic N) is 1. The fourth-order valence-corrected chi connectivity index (χ4v) is 2.96. The van der Waals surface area contributed by atoms with Crippen LogP contribution in [0.25, 0.3) is 0 Å². The van der Waals surface area contributed by atoms with Crippen LogP contribution in [0.3, 0.4) is 0 Å². The molecular weight excluding hydrogens is 348 g/mol. The molecule has 2 aromatic rings. The normalized spacial score (nSPS) is 12.1. The number of nitrogens with one attached hydrogen (secondary N) is 1. The van der Waals surface area contributed by atoms with Crippen molar-refractivity contribution in [3.05, 3.63) is 58.1 Å². The van der Waals surface area contributed by atoms with E-state index in [2.05, 4.69) is 24.4 Å². The molecule has 2 rings (SSSR count). The first-order valence-corrected chi connectivity index (χ1v) is 9.13. The maximum absolute atomic E-state index is 12.6. The van der Waals surface area contributed by atoms with Crippen molar-refractivity contribution in [2.24, 2.45) is 0 Å². The summed E-state index contributed by atoms with van der Waals surface area (Å²) in [6, 6.07) is 11.2. The lowest BCUT2D eigenvalue weighted by Crippen LogP contribution is -2.41. The zero-order valence-electron chi connectivity index (χ0n) is 16.1. The maximum atomic E-state index is 12.6. The first-order valence-electron chi connectivity index (χ1n) is 8.75. The smallest absolute Gasteiger partial charge is 0.241 e. The van der Waals surface area contributed by atoms with Crippen molar-refractivity contribution in [3.63, 3.8) is 0 Å². The number of hydrogen-bond donors (Lipinski definition) is 1. The highest BCUT2D eigenvalue weighted by molar-refractivity contribution is 6.30. The maximum Gasteiger partial charge on any atom is 0.241 e. The van der Waals surface area contributed by atoms with E-state index in [4.69, 9.17) is 16.3 Å². The number of anilines is 1. The molecule has 140 valence electrons. The summed E-state index contributed by atoms with van der Waals surface area (Å²) >= 11 is 5.86. The molecule has 0 saturated heterocycles. The first kappa shape index (κ1) is 20.3. The Hall–Kier alpha value is -2.04. The van der Waals surface area contributed by atoms with Crippen LogP contribution in [-0.2, 0) is 4.79 Å². The Kier molecular flexibility index (Phi) is 7.06. The Labute approximate surface area is 161 Å². The van der Waals surface area contributed by atoms with Crippen molar-refractivity contribution in [2.75, 3.05) is 25.5 Å². The molecule has 26 heavy (non-hydrogen) atoms. The van der Waals surface area contributed by atoms with Gasteiger partial charge in [-0.2, -0.15) is 0 Å². The van der Waals surface area contributed by atoms with Crippen molar-refractivity contribution < 1.29 is 9.53 Å². The van der Waals surface area contributed by atoms with Gasteiger partial charge >= 0.3 is 0 Å². The minimum absolute atomic E-state index is 0.0194. The van der Waals surface area contributed by atoms with Crippen LogP contribution in [-0.4, -0.2) is 37.0 Å². The molecule has 0 aliphatic heterocycles. The number of aryl methyl sites for hydroxylation is 3. The molecule has 0 aliphatic carbocycles. The van der Waals surface area contributed by atoms with Crippen molar-refractivity contribution in [1.82, 2.24) is 4.90 Å². The zero-order chi connectivity index (χ0) is 19.3. The largest absolute Gasteiger partial charge is 0.492 e. The average Bonchev–Trinajstić information content (AvgIpc) is 2.58. The molecule has 0 fully saturated rings. The Morgan fingerprint density at radius 3 is 2.31 bits per heavy atom. The van der Waals surface area contributed by atoms with E-state index in [-0.39, 0.29) is 11.9 Å². The Balaban J connectivity index is 1.88. The molecule has 1 N–H and O–H groups in total. The second kappa shape index (κ2) is 9.06. The molecule has 0 aliphatic rings. The standard InChI is InChI=1S/C21H27ClN2O2/c1-14-12-15(2)20(16(3)13-14)23-21(25)17(4)24(5)10-11-26-19-8-6-18(22)7-9-19/h6-9,12-13,17H,10-11H2,1-5H3,(H,23,25)/t17-/m1/s1. The van der Waals surface area contributed by atoms with Crippen molar-refractivity contribution in [2.45, 2.75) is 33.7 Å². The molecule has 0 bridgehead atoms. The van der Waals surface area contributed by atoms with E-state index < -0.39 is 0 Å². The van der Waals surface area contributed by atoms with Crippen LogP contribution in [0.1, 0.15) is 23.6 Å². The van der Waals surface area contributed by atoms with Gasteiger partial charge in [-0.3, -0.25) is 9.69 Å². The van der Waals surface area contributed by atoms with Gasteiger partial charge < -0.3 is 10.1 Å². The molecule has 0 radical (unpaired) electrons. The van der Waals surface area contributed by atoms with Gasteiger partial charge in [0.2, 0.25) is 5.91 Å². The monoisotopic (exact) mass is 374 g/mol. The quantitative estimate of drug-likeness (QED) is 0.769. The summed E-state index contributed by atoms with van der Waals surface area (Å²) in [6.45, 7) is 9.13. The number of likely N-dealkylation sites (N-methyl/N-ethyl adjacent to an activating group) is 1. The number of benzene rings is 2. The molecule has 0 unspecified atom stereocenters. The zero-order valence-corrected chi connectivity index (χ0v) is 16.9. The van der Waals surface area contributed by atoms with Gasteiger partial charge in [-0.15, -0.1) is 0 Å². The van der Waals surface area contributed by atoms with E-state index in [0.29, 0.717) is 18.2 Å². The summed E-state index contributed by atoms with van der Waals surface area (Å²) in [7, 11) is 1.92. The summed E-state index contributed by atoms with van der Waals surface area (Å²) in [6.07, 6.45) is 0. The predicted molar refractivity (Wildman–Crippen MR) is 108 cm³/mol. The first-order chi connectivity index (χ1) is 12.3. The molecule has 2 aromatic carbocycles. The van der Waals surface area contributed by atoms with Crippen molar-refractivity contribution in [1.29, 1.82) is 0 Å². The van der Waals surface area contributed by atoms with Gasteiger partial charge in [0.05, 0.1) is 6.04 Å². The van der Waals surface area contributed by atoms with E-state index in [0.717, 1.165) is 22.6 Å². The van der Waals surface area contributed by atoms with E-state index in [1.165, 1.54) is 5.56 Å². The molecule has 5 heteroatoms. The fraction of sp³-hybridized carbons (Fsp3) is 0.381. The highest BCUT2D eigenvalue weighted by Gasteiger charge is 2.19. The highest BCUT2D eigenvalue weighted by atomic mass is 35.5. The number of halogens is 1. The summed E-state index contributed by atoms with van der Waals surface area (Å²) in [4.78, 5) is 14.6. The lowest BCUT2D eigenvalue weighted by molar-refractivity contribution is -0.120. The van der Waals surface area contributed by atoms with Gasteiger partial charge in [-0.05, 0) is 70.1 Å². The highest BCUT2D eigenvalue weighted by Crippen LogP contribution is 2.22. The van der Waals surface area contributed by atoms with Crippen LogP contribution >= 0.6 is 11.6 Å². The molecule has 1 atom stereocenters. The molecule has 0 spiro atoms. The fourth-order valence-electron chi connectivity index (χ4n) is 2.84. The predicted octanol–water partition coefficient (Wildman–Crippen LogP) is 4.60. The van der Waals surface area contributed by atoms with Gasteiger partial charge in [0.15, 0.2) is 0 Å². The lowest BCUT2D eigenvalue weighted by atomic mass is 10.0. The van der Waals surface area contributed by atoms with Crippen molar-refractivity contribution >= 4 is 23.2 Å². The Morgan fingerprint density at radius 2 is 1.73 bits per heavy atom. The summed E-state index contributed by atoms with van der Waals surface area (Å²) in [5, 5.41) is 3.75. The number of amides is 1. The second-order valence-electron chi connectivity index (χ2n) is 6.72. The van der Waals surface area contributed by atoms with Crippen LogP contribution in [0.5, 0.6) is 5.75 Å². The van der Waals surface area contributed by atoms with Crippen LogP contribution in [0.15, 0.2) is 36.4 Å². The summed E-state index contributed by atoms with van der Waals surface area (Å²) in [5.74, 6) is 0.750. The van der Waals surface area contributed by atoms with Crippen LogP contribution in [0.4, 0.5) is 5.69 Å². The average molecular weight is 375 g/mol. The Morgan fingerprint density at radius 1 is 1.15 bits per heavy atom. The summed E-state index contributed by atoms with van der Waals surface area (Å²) < 4.78 is 5.70. The molecule has 4 nitrogen and oxygen atoms in total.